The molecular weight excluding hydrogens is 424 g/mol. The van der Waals surface area contributed by atoms with Crippen LogP contribution in [-0.2, 0) is 14.9 Å². The maximum atomic E-state index is 12.3. The topological polar surface area (TPSA) is 44.8 Å². The monoisotopic (exact) mass is 468 g/mol. The van der Waals surface area contributed by atoms with Gasteiger partial charge in [0.1, 0.15) is 17.3 Å². The Hall–Kier alpha value is -2.23. The van der Waals surface area contributed by atoms with Crippen LogP contribution in [0.3, 0.4) is 0 Å². The van der Waals surface area contributed by atoms with E-state index in [-0.39, 0.29) is 30.0 Å². The molecule has 188 valence electrons. The summed E-state index contributed by atoms with van der Waals surface area (Å²) in [5.74, 6) is 2.55. The van der Waals surface area contributed by atoms with Gasteiger partial charge >= 0.3 is 5.97 Å². The largest absolute Gasteiger partial charge is 0.462 e. The fraction of sp³-hybridized carbons (Fsp3) is 0.633. The lowest BCUT2D eigenvalue weighted by Gasteiger charge is -2.38. The summed E-state index contributed by atoms with van der Waals surface area (Å²) in [4.78, 5) is 12.3. The van der Waals surface area contributed by atoms with Gasteiger partial charge in [0, 0.05) is 17.4 Å². The van der Waals surface area contributed by atoms with E-state index in [4.69, 9.17) is 14.2 Å². The van der Waals surface area contributed by atoms with Crippen LogP contribution in [0.5, 0.6) is 11.5 Å². The molecule has 4 heteroatoms. The van der Waals surface area contributed by atoms with Gasteiger partial charge in [0.15, 0.2) is 0 Å². The van der Waals surface area contributed by atoms with Crippen molar-refractivity contribution in [3.63, 3.8) is 0 Å². The normalized spacial score (nSPS) is 20.1. The zero-order valence-electron chi connectivity index (χ0n) is 22.4. The Kier molecular flexibility index (Phi) is 8.21. The molecular formula is C30H44O4. The average molecular weight is 469 g/mol. The van der Waals surface area contributed by atoms with Gasteiger partial charge in [-0.15, -0.1) is 0 Å². The number of carbonyl (C=O) groups is 1. The third kappa shape index (κ3) is 6.06. The highest BCUT2D eigenvalue weighted by Gasteiger charge is 2.38. The van der Waals surface area contributed by atoms with Gasteiger partial charge in [-0.25, -0.2) is 0 Å². The van der Waals surface area contributed by atoms with Crippen molar-refractivity contribution < 1.29 is 19.0 Å². The average Bonchev–Trinajstić information content (AvgIpc) is 2.75. The third-order valence-electron chi connectivity index (χ3n) is 7.29. The molecule has 0 N–H and O–H groups in total. The van der Waals surface area contributed by atoms with Crippen molar-refractivity contribution in [3.05, 3.63) is 47.2 Å². The molecule has 3 rings (SSSR count). The molecule has 0 saturated carbocycles. The molecule has 0 bridgehead atoms. The summed E-state index contributed by atoms with van der Waals surface area (Å²) in [6.45, 7) is 18.7. The number of esters is 1. The van der Waals surface area contributed by atoms with Crippen molar-refractivity contribution in [2.75, 3.05) is 6.79 Å². The number of ether oxygens (including phenoxy) is 3. The summed E-state index contributed by atoms with van der Waals surface area (Å²) in [5, 5.41) is 0. The van der Waals surface area contributed by atoms with Crippen LogP contribution < -0.4 is 9.47 Å². The summed E-state index contributed by atoms with van der Waals surface area (Å²) in [6.07, 6.45) is 10.5. The quantitative estimate of drug-likeness (QED) is 0.158. The van der Waals surface area contributed by atoms with Crippen LogP contribution >= 0.6 is 0 Å². The Morgan fingerprint density at radius 1 is 1.15 bits per heavy atom. The first-order valence-corrected chi connectivity index (χ1v) is 13.0. The number of benzene rings is 1. The first-order chi connectivity index (χ1) is 15.9. The SMILES string of the molecule is C=C1Oc2cc(C(C)(C)CCCCCC)cc(OCOC(=O)C(C)(C)C)c2[C@@H]2C=C(C)CC[C@@H]12. The summed E-state index contributed by atoms with van der Waals surface area (Å²) in [5.41, 5.74) is 3.02. The number of hydrogen-bond acceptors (Lipinski definition) is 4. The van der Waals surface area contributed by atoms with E-state index in [0.29, 0.717) is 0 Å². The van der Waals surface area contributed by atoms with Crippen LogP contribution in [0, 0.1) is 11.3 Å². The van der Waals surface area contributed by atoms with Crippen LogP contribution in [0.4, 0.5) is 0 Å². The van der Waals surface area contributed by atoms with Crippen molar-refractivity contribution >= 4 is 5.97 Å². The third-order valence-corrected chi connectivity index (χ3v) is 7.29. The van der Waals surface area contributed by atoms with E-state index < -0.39 is 5.41 Å². The predicted octanol–water partition coefficient (Wildman–Crippen LogP) is 8.21. The second-order valence-corrected chi connectivity index (χ2v) is 11.8. The highest BCUT2D eigenvalue weighted by atomic mass is 16.7. The molecule has 1 heterocycles. The van der Waals surface area contributed by atoms with E-state index in [0.717, 1.165) is 42.1 Å². The highest BCUT2D eigenvalue weighted by molar-refractivity contribution is 5.75. The lowest BCUT2D eigenvalue weighted by molar-refractivity contribution is -0.159. The van der Waals surface area contributed by atoms with Crippen LogP contribution in [0.25, 0.3) is 0 Å². The van der Waals surface area contributed by atoms with Crippen LogP contribution in [0.1, 0.15) is 110 Å². The first-order valence-electron chi connectivity index (χ1n) is 13.0. The number of allylic oxidation sites excluding steroid dienone is 3. The van der Waals surface area contributed by atoms with Crippen molar-refractivity contribution in [2.24, 2.45) is 11.3 Å². The molecule has 0 aromatic heterocycles. The van der Waals surface area contributed by atoms with E-state index in [9.17, 15) is 4.79 Å². The van der Waals surface area contributed by atoms with E-state index >= 15 is 0 Å². The summed E-state index contributed by atoms with van der Waals surface area (Å²) < 4.78 is 18.0. The van der Waals surface area contributed by atoms with Crippen molar-refractivity contribution in [1.82, 2.24) is 0 Å². The van der Waals surface area contributed by atoms with Gasteiger partial charge in [0.2, 0.25) is 6.79 Å². The number of unbranched alkanes of at least 4 members (excludes halogenated alkanes) is 3. The molecule has 1 aliphatic carbocycles. The summed E-state index contributed by atoms with van der Waals surface area (Å²) >= 11 is 0. The molecule has 0 amide bonds. The second kappa shape index (κ2) is 10.6. The zero-order chi connectivity index (χ0) is 25.1. The Bertz CT molecular complexity index is 932. The minimum Gasteiger partial charge on any atom is -0.462 e. The van der Waals surface area contributed by atoms with Crippen LogP contribution in [0.15, 0.2) is 36.1 Å². The molecule has 0 unspecified atom stereocenters. The predicted molar refractivity (Wildman–Crippen MR) is 138 cm³/mol. The second-order valence-electron chi connectivity index (χ2n) is 11.8. The molecule has 1 aromatic rings. The standard InChI is InChI=1S/C30H44O4/c1-9-10-11-12-15-30(7,8)22-17-25(32-19-33-28(31)29(4,5)6)27-24-16-20(2)13-14-23(24)21(3)34-26(27)18-22/h16-18,23-24H,3,9-15,19H2,1-2,4-8H3/t23-,24+/m0/s1. The molecule has 1 aromatic carbocycles. The van der Waals surface area contributed by atoms with Gasteiger partial charge in [-0.3, -0.25) is 4.79 Å². The minimum atomic E-state index is -0.569. The van der Waals surface area contributed by atoms with Crippen molar-refractivity contribution in [2.45, 2.75) is 105 Å². The number of carbonyl (C=O) groups excluding carboxylic acids is 1. The van der Waals surface area contributed by atoms with Gasteiger partial charge in [0.25, 0.3) is 0 Å². The van der Waals surface area contributed by atoms with Crippen LogP contribution in [0.2, 0.25) is 0 Å². The van der Waals surface area contributed by atoms with Gasteiger partial charge in [-0.2, -0.15) is 0 Å². The maximum absolute atomic E-state index is 12.3. The van der Waals surface area contributed by atoms with Crippen LogP contribution in [-0.4, -0.2) is 12.8 Å². The Labute approximate surface area is 206 Å². The molecule has 0 radical (unpaired) electrons. The van der Waals surface area contributed by atoms with Gasteiger partial charge in [0.05, 0.1) is 5.41 Å². The highest BCUT2D eigenvalue weighted by Crippen LogP contribution is 2.52. The van der Waals surface area contributed by atoms with Crippen molar-refractivity contribution in [1.29, 1.82) is 0 Å². The Morgan fingerprint density at radius 2 is 1.88 bits per heavy atom. The van der Waals surface area contributed by atoms with E-state index in [1.54, 1.807) is 0 Å². The molecule has 2 atom stereocenters. The number of rotatable bonds is 9. The van der Waals surface area contributed by atoms with E-state index in [1.165, 1.54) is 36.8 Å². The summed E-state index contributed by atoms with van der Waals surface area (Å²) in [6, 6.07) is 4.33. The van der Waals surface area contributed by atoms with E-state index in [1.807, 2.05) is 20.8 Å². The zero-order valence-corrected chi connectivity index (χ0v) is 22.4. The van der Waals surface area contributed by atoms with Crippen molar-refractivity contribution in [3.8, 4) is 11.5 Å². The molecule has 1 aliphatic heterocycles. The molecule has 34 heavy (non-hydrogen) atoms. The Balaban J connectivity index is 1.96. The number of fused-ring (bicyclic) bond motifs is 3. The fourth-order valence-electron chi connectivity index (χ4n) is 4.96. The molecule has 0 spiro atoms. The molecule has 0 saturated heterocycles. The fourth-order valence-corrected chi connectivity index (χ4v) is 4.96. The number of hydrogen-bond donors (Lipinski definition) is 0. The van der Waals surface area contributed by atoms with Gasteiger partial charge in [-0.1, -0.05) is 64.7 Å². The lowest BCUT2D eigenvalue weighted by atomic mass is 9.73. The van der Waals surface area contributed by atoms with Gasteiger partial charge < -0.3 is 14.2 Å². The lowest BCUT2D eigenvalue weighted by Crippen LogP contribution is -2.28. The summed E-state index contributed by atoms with van der Waals surface area (Å²) in [7, 11) is 0. The minimum absolute atomic E-state index is 0.0250. The molecule has 2 aliphatic rings. The first kappa shape index (κ1) is 26.4. The smallest absolute Gasteiger partial charge is 0.314 e. The Morgan fingerprint density at radius 3 is 2.56 bits per heavy atom. The van der Waals surface area contributed by atoms with Gasteiger partial charge in [-0.05, 0) is 70.1 Å². The molecule has 0 fully saturated rings. The molecule has 4 nitrogen and oxygen atoms in total. The van der Waals surface area contributed by atoms with E-state index in [2.05, 4.69) is 52.5 Å². The maximum Gasteiger partial charge on any atom is 0.314 e.